The molecule has 2 rings (SSSR count). The first-order valence-electron chi connectivity index (χ1n) is 7.06. The third-order valence-electron chi connectivity index (χ3n) is 3.29. The van der Waals surface area contributed by atoms with Gasteiger partial charge in [-0.05, 0) is 24.8 Å². The van der Waals surface area contributed by atoms with Crippen LogP contribution in [-0.4, -0.2) is 9.13 Å². The van der Waals surface area contributed by atoms with Gasteiger partial charge in [-0.15, -0.1) is 0 Å². The summed E-state index contributed by atoms with van der Waals surface area (Å²) >= 11 is 0. The molecule has 0 spiro atoms. The van der Waals surface area contributed by atoms with E-state index in [-0.39, 0.29) is 11.2 Å². The average Bonchev–Trinajstić information content (AvgIpc) is 2.47. The SMILES string of the molecule is CCCn1ccc(=O)n(CCCc2ccccc2)c1=O. The molecule has 0 atom stereocenters. The van der Waals surface area contributed by atoms with E-state index in [1.54, 1.807) is 10.8 Å². The quantitative estimate of drug-likeness (QED) is 0.808. The lowest BCUT2D eigenvalue weighted by atomic mass is 10.1. The first-order valence-corrected chi connectivity index (χ1v) is 7.06. The minimum Gasteiger partial charge on any atom is -0.300 e. The molecule has 20 heavy (non-hydrogen) atoms. The maximum absolute atomic E-state index is 12.1. The molecule has 106 valence electrons. The maximum Gasteiger partial charge on any atom is 0.330 e. The fourth-order valence-corrected chi connectivity index (χ4v) is 2.26. The van der Waals surface area contributed by atoms with Crippen LogP contribution >= 0.6 is 0 Å². The first-order chi connectivity index (χ1) is 9.72. The second kappa shape index (κ2) is 6.89. The summed E-state index contributed by atoms with van der Waals surface area (Å²) in [7, 11) is 0. The average molecular weight is 272 g/mol. The molecule has 0 aliphatic carbocycles. The van der Waals surface area contributed by atoms with Crippen LogP contribution in [0.4, 0.5) is 0 Å². The van der Waals surface area contributed by atoms with E-state index < -0.39 is 0 Å². The lowest BCUT2D eigenvalue weighted by Crippen LogP contribution is -2.39. The van der Waals surface area contributed by atoms with Crippen molar-refractivity contribution in [2.24, 2.45) is 0 Å². The van der Waals surface area contributed by atoms with Crippen molar-refractivity contribution in [1.29, 1.82) is 0 Å². The van der Waals surface area contributed by atoms with Gasteiger partial charge in [-0.1, -0.05) is 37.3 Å². The molecule has 0 saturated carbocycles. The Morgan fingerprint density at radius 2 is 1.75 bits per heavy atom. The van der Waals surface area contributed by atoms with Gasteiger partial charge in [0.1, 0.15) is 0 Å². The summed E-state index contributed by atoms with van der Waals surface area (Å²) < 4.78 is 2.93. The van der Waals surface area contributed by atoms with Gasteiger partial charge in [-0.25, -0.2) is 4.79 Å². The van der Waals surface area contributed by atoms with E-state index in [4.69, 9.17) is 0 Å². The van der Waals surface area contributed by atoms with E-state index in [1.165, 1.54) is 16.2 Å². The Hall–Kier alpha value is -2.10. The van der Waals surface area contributed by atoms with Crippen molar-refractivity contribution >= 4 is 0 Å². The molecule has 4 heteroatoms. The van der Waals surface area contributed by atoms with Crippen LogP contribution in [-0.2, 0) is 19.5 Å². The number of benzene rings is 1. The molecule has 0 unspecified atom stereocenters. The summed E-state index contributed by atoms with van der Waals surface area (Å²) in [6, 6.07) is 11.6. The van der Waals surface area contributed by atoms with Crippen LogP contribution in [0.2, 0.25) is 0 Å². The maximum atomic E-state index is 12.1. The number of rotatable bonds is 6. The molecule has 0 amide bonds. The number of hydrogen-bond donors (Lipinski definition) is 0. The van der Waals surface area contributed by atoms with Gasteiger partial charge in [0.05, 0.1) is 0 Å². The van der Waals surface area contributed by atoms with Crippen LogP contribution < -0.4 is 11.2 Å². The zero-order chi connectivity index (χ0) is 14.4. The molecular weight excluding hydrogens is 252 g/mol. The molecule has 1 heterocycles. The van der Waals surface area contributed by atoms with Gasteiger partial charge in [-0.2, -0.15) is 0 Å². The zero-order valence-corrected chi connectivity index (χ0v) is 11.8. The Morgan fingerprint density at radius 1 is 1.00 bits per heavy atom. The van der Waals surface area contributed by atoms with Crippen molar-refractivity contribution in [1.82, 2.24) is 9.13 Å². The van der Waals surface area contributed by atoms with Gasteiger partial charge in [0.15, 0.2) is 0 Å². The third-order valence-corrected chi connectivity index (χ3v) is 3.29. The van der Waals surface area contributed by atoms with Crippen molar-refractivity contribution in [2.45, 2.75) is 39.3 Å². The van der Waals surface area contributed by atoms with E-state index >= 15 is 0 Å². The molecule has 0 fully saturated rings. The highest BCUT2D eigenvalue weighted by Gasteiger charge is 2.04. The van der Waals surface area contributed by atoms with Crippen molar-refractivity contribution in [3.8, 4) is 0 Å². The second-order valence-electron chi connectivity index (χ2n) is 4.87. The Bertz CT molecular complexity index is 656. The zero-order valence-electron chi connectivity index (χ0n) is 11.8. The third kappa shape index (κ3) is 3.47. The van der Waals surface area contributed by atoms with E-state index in [1.807, 2.05) is 25.1 Å². The second-order valence-corrected chi connectivity index (χ2v) is 4.87. The summed E-state index contributed by atoms with van der Waals surface area (Å²) in [5.74, 6) is 0. The van der Waals surface area contributed by atoms with E-state index in [2.05, 4.69) is 12.1 Å². The number of aryl methyl sites for hydroxylation is 2. The minimum atomic E-state index is -0.213. The van der Waals surface area contributed by atoms with Crippen LogP contribution in [0.25, 0.3) is 0 Å². The molecule has 0 aliphatic rings. The van der Waals surface area contributed by atoms with Gasteiger partial charge in [0.2, 0.25) is 0 Å². The van der Waals surface area contributed by atoms with Gasteiger partial charge in [0, 0.05) is 25.4 Å². The first kappa shape index (κ1) is 14.3. The van der Waals surface area contributed by atoms with E-state index in [0.29, 0.717) is 13.1 Å². The van der Waals surface area contributed by atoms with Crippen LogP contribution in [0.15, 0.2) is 52.2 Å². The molecule has 0 saturated heterocycles. The fourth-order valence-electron chi connectivity index (χ4n) is 2.26. The predicted molar refractivity (Wildman–Crippen MR) is 80.0 cm³/mol. The largest absolute Gasteiger partial charge is 0.330 e. The molecule has 0 bridgehead atoms. The fraction of sp³-hybridized carbons (Fsp3) is 0.375. The Labute approximate surface area is 118 Å². The Balaban J connectivity index is 2.07. The topological polar surface area (TPSA) is 44.0 Å². The minimum absolute atomic E-state index is 0.201. The molecular formula is C16H20N2O2. The van der Waals surface area contributed by atoms with Gasteiger partial charge in [0.25, 0.3) is 5.56 Å². The Morgan fingerprint density at radius 3 is 2.45 bits per heavy atom. The highest BCUT2D eigenvalue weighted by Crippen LogP contribution is 2.02. The standard InChI is InChI=1S/C16H20N2O2/c1-2-11-17-13-10-15(19)18(16(17)20)12-6-9-14-7-4-3-5-8-14/h3-5,7-8,10,13H,2,6,9,11-12H2,1H3. The molecule has 1 aromatic carbocycles. The highest BCUT2D eigenvalue weighted by atomic mass is 16.2. The van der Waals surface area contributed by atoms with Crippen molar-refractivity contribution < 1.29 is 0 Å². The van der Waals surface area contributed by atoms with Crippen molar-refractivity contribution in [3.05, 3.63) is 69.0 Å². The number of nitrogens with zero attached hydrogens (tertiary/aromatic N) is 2. The van der Waals surface area contributed by atoms with Gasteiger partial charge < -0.3 is 4.57 Å². The lowest BCUT2D eigenvalue weighted by molar-refractivity contribution is 0.529. The molecule has 4 nitrogen and oxygen atoms in total. The summed E-state index contributed by atoms with van der Waals surface area (Å²) in [6.07, 6.45) is 4.12. The summed E-state index contributed by atoms with van der Waals surface area (Å²) in [4.78, 5) is 23.9. The smallest absolute Gasteiger partial charge is 0.300 e. The van der Waals surface area contributed by atoms with Crippen molar-refractivity contribution in [2.75, 3.05) is 0 Å². The summed E-state index contributed by atoms with van der Waals surface area (Å²) in [5.41, 5.74) is 0.813. The normalized spacial score (nSPS) is 10.7. The molecule has 0 radical (unpaired) electrons. The van der Waals surface area contributed by atoms with Crippen molar-refractivity contribution in [3.63, 3.8) is 0 Å². The Kier molecular flexibility index (Phi) is 4.93. The molecule has 0 N–H and O–H groups in total. The molecule has 2 aromatic rings. The van der Waals surface area contributed by atoms with Crippen LogP contribution in [0.1, 0.15) is 25.3 Å². The predicted octanol–water partition coefficient (Wildman–Crippen LogP) is 2.05. The lowest BCUT2D eigenvalue weighted by Gasteiger charge is -2.09. The summed E-state index contributed by atoms with van der Waals surface area (Å²) in [6.45, 7) is 3.13. The van der Waals surface area contributed by atoms with Crippen LogP contribution in [0, 0.1) is 0 Å². The van der Waals surface area contributed by atoms with Crippen LogP contribution in [0.3, 0.4) is 0 Å². The molecule has 0 aliphatic heterocycles. The van der Waals surface area contributed by atoms with E-state index in [0.717, 1.165) is 19.3 Å². The van der Waals surface area contributed by atoms with E-state index in [9.17, 15) is 9.59 Å². The van der Waals surface area contributed by atoms with Gasteiger partial charge >= 0.3 is 5.69 Å². The molecule has 1 aromatic heterocycles. The van der Waals surface area contributed by atoms with Crippen LogP contribution in [0.5, 0.6) is 0 Å². The van der Waals surface area contributed by atoms with Gasteiger partial charge in [-0.3, -0.25) is 9.36 Å². The highest BCUT2D eigenvalue weighted by molar-refractivity contribution is 5.14. The number of aromatic nitrogens is 2. The monoisotopic (exact) mass is 272 g/mol. The number of hydrogen-bond acceptors (Lipinski definition) is 2. The summed E-state index contributed by atoms with van der Waals surface area (Å²) in [5, 5.41) is 0.